The van der Waals surface area contributed by atoms with E-state index < -0.39 is 53.7 Å². The van der Waals surface area contributed by atoms with E-state index in [4.69, 9.17) is 31.4 Å². The molecule has 0 saturated heterocycles. The summed E-state index contributed by atoms with van der Waals surface area (Å²) in [7, 11) is 1.41. The predicted molar refractivity (Wildman–Crippen MR) is 260 cm³/mol. The van der Waals surface area contributed by atoms with Gasteiger partial charge in [0.05, 0.1) is 29.6 Å². The number of carbonyl (C=O) groups excluding carboxylic acids is 5. The number of aryl methyl sites for hydroxylation is 2. The summed E-state index contributed by atoms with van der Waals surface area (Å²) < 4.78 is 18.1. The molecule has 0 spiro atoms. The zero-order valence-corrected chi connectivity index (χ0v) is 40.1. The lowest BCUT2D eigenvalue weighted by atomic mass is 9.93. The molecule has 19 nitrogen and oxygen atoms in total. The molecular weight excluding hydrogens is 883 g/mol. The van der Waals surface area contributed by atoms with Gasteiger partial charge < -0.3 is 57.6 Å². The van der Waals surface area contributed by atoms with Gasteiger partial charge in [-0.05, 0) is 99.8 Å². The van der Waals surface area contributed by atoms with Gasteiger partial charge in [-0.3, -0.25) is 24.0 Å². The van der Waals surface area contributed by atoms with Gasteiger partial charge in [0.25, 0.3) is 5.91 Å². The maximum Gasteiger partial charge on any atom is 0.255 e. The highest BCUT2D eigenvalue weighted by Crippen LogP contribution is 2.40. The minimum Gasteiger partial charge on any atom is -0.494 e. The largest absolute Gasteiger partial charge is 0.494 e. The van der Waals surface area contributed by atoms with Crippen LogP contribution in [0.15, 0.2) is 60.7 Å². The third kappa shape index (κ3) is 14.0. The summed E-state index contributed by atoms with van der Waals surface area (Å²) in [6, 6.07) is 14.4. The summed E-state index contributed by atoms with van der Waals surface area (Å²) in [5, 5.41) is 19.9. The van der Waals surface area contributed by atoms with E-state index in [2.05, 4.69) is 38.2 Å². The number of benzene rings is 3. The average Bonchev–Trinajstić information content (AvgIpc) is 3.33. The fraction of sp³-hybridized carbons (Fsp3) is 0.440. The Hall–Kier alpha value is -7.14. The fourth-order valence-electron chi connectivity index (χ4n) is 7.95. The third-order valence-corrected chi connectivity index (χ3v) is 11.5. The first-order chi connectivity index (χ1) is 33.2. The highest BCUT2D eigenvalue weighted by molar-refractivity contribution is 6.00. The Morgan fingerprint density at radius 2 is 1.49 bits per heavy atom. The van der Waals surface area contributed by atoms with Crippen molar-refractivity contribution >= 4 is 29.5 Å². The topological polar surface area (TPSA) is 292 Å². The molecule has 4 bridgehead atoms. The normalized spacial score (nSPS) is 16.1. The Bertz CT molecular complexity index is 2450. The molecule has 368 valence electrons. The van der Waals surface area contributed by atoms with Gasteiger partial charge in [-0.15, -0.1) is 0 Å². The van der Waals surface area contributed by atoms with Gasteiger partial charge in [-0.1, -0.05) is 38.3 Å². The Labute approximate surface area is 403 Å². The molecule has 0 saturated carbocycles. The highest BCUT2D eigenvalue weighted by atomic mass is 16.5. The number of fused-ring (bicyclic) bond motifs is 5. The number of ether oxygens (including phenoxy) is 3. The first-order valence-corrected chi connectivity index (χ1v) is 23.3. The number of unbranched alkanes of at least 4 members (excludes halogenated alkanes) is 3. The van der Waals surface area contributed by atoms with Crippen LogP contribution in [-0.4, -0.2) is 116 Å². The summed E-state index contributed by atoms with van der Waals surface area (Å²) in [4.78, 5) is 81.1. The molecule has 2 heterocycles. The smallest absolute Gasteiger partial charge is 0.255 e. The fourth-order valence-corrected chi connectivity index (χ4v) is 7.95. The van der Waals surface area contributed by atoms with Crippen LogP contribution in [0.5, 0.6) is 17.2 Å². The number of aromatic nitrogens is 2. The van der Waals surface area contributed by atoms with Crippen molar-refractivity contribution in [1.82, 2.24) is 36.1 Å². The monoisotopic (exact) mass is 948 g/mol. The number of amides is 5. The van der Waals surface area contributed by atoms with E-state index in [0.717, 1.165) is 30.6 Å². The maximum absolute atomic E-state index is 14.8. The lowest BCUT2D eigenvalue weighted by Crippen LogP contribution is -2.56. The van der Waals surface area contributed by atoms with Crippen LogP contribution in [0.4, 0.5) is 0 Å². The Kier molecular flexibility index (Phi) is 19.8. The predicted octanol–water partition coefficient (Wildman–Crippen LogP) is 2.89. The molecule has 4 atom stereocenters. The van der Waals surface area contributed by atoms with Gasteiger partial charge in [0.1, 0.15) is 61.2 Å². The van der Waals surface area contributed by atoms with E-state index in [9.17, 15) is 29.2 Å². The van der Waals surface area contributed by atoms with Crippen LogP contribution in [0.1, 0.15) is 84.9 Å². The zero-order chi connectivity index (χ0) is 50.0. The molecule has 1 aliphatic heterocycles. The van der Waals surface area contributed by atoms with E-state index in [0.29, 0.717) is 57.6 Å². The van der Waals surface area contributed by atoms with Crippen LogP contribution in [0.3, 0.4) is 0 Å². The minimum absolute atomic E-state index is 0.00106. The minimum atomic E-state index is -1.41. The van der Waals surface area contributed by atoms with E-state index in [1.807, 2.05) is 30.3 Å². The molecule has 4 aromatic rings. The van der Waals surface area contributed by atoms with Crippen molar-refractivity contribution < 1.29 is 38.2 Å². The number of nitrogens with zero attached hydrogens (tertiary/aromatic N) is 4. The van der Waals surface area contributed by atoms with Crippen LogP contribution in [0.25, 0.3) is 22.5 Å². The molecule has 5 amide bonds. The number of rotatable bonds is 21. The van der Waals surface area contributed by atoms with Gasteiger partial charge in [0.15, 0.2) is 5.82 Å². The van der Waals surface area contributed by atoms with Gasteiger partial charge in [-0.2, -0.15) is 5.26 Å². The van der Waals surface area contributed by atoms with E-state index in [1.165, 1.54) is 25.3 Å². The number of nitrogens with two attached hydrogens (primary N) is 3. The van der Waals surface area contributed by atoms with Crippen LogP contribution < -0.4 is 52.7 Å². The number of carbonyl (C=O) groups is 5. The lowest BCUT2D eigenvalue weighted by Gasteiger charge is -2.32. The lowest BCUT2D eigenvalue weighted by molar-refractivity contribution is -0.141. The summed E-state index contributed by atoms with van der Waals surface area (Å²) in [5.74, 6) is -1.46. The number of nitriles is 1. The van der Waals surface area contributed by atoms with Gasteiger partial charge in [-0.25, -0.2) is 9.97 Å². The summed E-state index contributed by atoms with van der Waals surface area (Å²) >= 11 is 0. The first-order valence-electron chi connectivity index (χ1n) is 23.3. The molecule has 0 unspecified atom stereocenters. The average molecular weight is 948 g/mol. The second-order valence-corrected chi connectivity index (χ2v) is 16.7. The number of hydrogen-bond acceptors (Lipinski definition) is 14. The molecule has 19 heteroatoms. The number of likely N-dealkylation sites (N-methyl/N-ethyl adjacent to an activating group) is 1. The molecule has 1 aromatic heterocycles. The van der Waals surface area contributed by atoms with Crippen molar-refractivity contribution in [2.24, 2.45) is 17.2 Å². The van der Waals surface area contributed by atoms with Gasteiger partial charge in [0.2, 0.25) is 23.6 Å². The molecular formula is C50H65N11O8. The molecule has 10 N–H and O–H groups in total. The van der Waals surface area contributed by atoms with Crippen LogP contribution >= 0.6 is 0 Å². The summed E-state index contributed by atoms with van der Waals surface area (Å²) in [6.45, 7) is 7.95. The number of nitrogens with one attached hydrogen (secondary N) is 4. The second-order valence-electron chi connectivity index (χ2n) is 16.7. The van der Waals surface area contributed by atoms with E-state index in [-0.39, 0.29) is 57.8 Å². The Balaban J connectivity index is 1.51. The van der Waals surface area contributed by atoms with E-state index >= 15 is 0 Å². The molecule has 69 heavy (non-hydrogen) atoms. The van der Waals surface area contributed by atoms with Crippen LogP contribution in [0, 0.1) is 25.2 Å². The zero-order valence-electron chi connectivity index (χ0n) is 40.1. The van der Waals surface area contributed by atoms with Crippen molar-refractivity contribution in [1.29, 1.82) is 5.26 Å². The molecule has 0 radical (unpaired) electrons. The van der Waals surface area contributed by atoms with Crippen LogP contribution in [0.2, 0.25) is 0 Å². The molecule has 0 aliphatic carbocycles. The summed E-state index contributed by atoms with van der Waals surface area (Å²) in [6.07, 6.45) is 4.39. The quantitative estimate of drug-likeness (QED) is 0.0467. The molecule has 5 rings (SSSR count). The van der Waals surface area contributed by atoms with Crippen LogP contribution in [-0.2, 0) is 25.6 Å². The Morgan fingerprint density at radius 1 is 0.841 bits per heavy atom. The van der Waals surface area contributed by atoms with Crippen molar-refractivity contribution in [2.75, 3.05) is 53.0 Å². The molecule has 1 aliphatic rings. The number of hydrogen-bond donors (Lipinski definition) is 7. The van der Waals surface area contributed by atoms with Gasteiger partial charge >= 0.3 is 0 Å². The van der Waals surface area contributed by atoms with E-state index in [1.54, 1.807) is 50.2 Å². The summed E-state index contributed by atoms with van der Waals surface area (Å²) in [5.41, 5.74) is 21.2. The standard InChI is InChI=1S/C50H65N11O8/c1-6-7-8-9-24-67-36-14-11-34(12-15-36)45-56-30(2)43(31(3)57-45)48(64)59-39(18-19-51)50(66)61(5)44-35-13-17-42(69-26-22-54)38(29-35)37-27-33(10-16-41(37)68-25-21-53)28-40(47(63)55-23-20-52)60-46(62)32(4)58-49(44)65/h10-17,27,29,32,39-40,44H,6-9,18-19,21-26,28,51,53-54H2,1-5H3,(H,55,63)(H,58,65)(H,59,64)(H,60,62)/t32-,39-,40-,44-/m0/s1. The van der Waals surface area contributed by atoms with Gasteiger partial charge in [0, 0.05) is 43.2 Å². The molecule has 3 aromatic carbocycles. The highest BCUT2D eigenvalue weighted by Gasteiger charge is 2.36. The van der Waals surface area contributed by atoms with Crippen molar-refractivity contribution in [3.63, 3.8) is 0 Å². The third-order valence-electron chi connectivity index (χ3n) is 11.5. The maximum atomic E-state index is 14.8. The van der Waals surface area contributed by atoms with Crippen molar-refractivity contribution in [2.45, 2.75) is 90.4 Å². The second kappa shape index (κ2) is 25.8. The SMILES string of the molecule is CCCCCCOc1ccc(-c2nc(C)c(C(=O)N[C@@H](CCN)C(=O)N(C)[C@@H]3C(=O)N[C@@H](C)C(=O)N[C@H](C(=O)NCC#N)Cc4ccc(OCCN)c(c4)-c4cc3ccc4OCCN)c(C)n2)cc1. The molecule has 0 fully saturated rings. The van der Waals surface area contributed by atoms with Crippen molar-refractivity contribution in [3.8, 4) is 45.8 Å². The first kappa shape index (κ1) is 52.8. The van der Waals surface area contributed by atoms with Crippen molar-refractivity contribution in [3.05, 3.63) is 88.7 Å². The Morgan fingerprint density at radius 3 is 2.12 bits per heavy atom.